The van der Waals surface area contributed by atoms with Crippen LogP contribution < -0.4 is 11.1 Å². The molecule has 318 valence electrons. The Balaban J connectivity index is 0.954. The van der Waals surface area contributed by atoms with Crippen LogP contribution in [0.25, 0.3) is 11.1 Å². The van der Waals surface area contributed by atoms with E-state index in [2.05, 4.69) is 10.2 Å². The molecule has 3 fully saturated rings. The molecule has 1 aromatic heterocycles. The molecule has 17 nitrogen and oxygen atoms in total. The van der Waals surface area contributed by atoms with Gasteiger partial charge in [-0.25, -0.2) is 14.4 Å². The number of fused-ring (bicyclic) bond motifs is 2. The van der Waals surface area contributed by atoms with Gasteiger partial charge in [-0.05, 0) is 67.9 Å². The lowest BCUT2D eigenvalue weighted by molar-refractivity contribution is -0.152. The van der Waals surface area contributed by atoms with E-state index in [1.807, 2.05) is 47.1 Å². The lowest BCUT2D eigenvalue weighted by Crippen LogP contribution is -2.55. The topological polar surface area (TPSA) is 170 Å². The quantitative estimate of drug-likeness (QED) is 0.298. The molecule has 1 atom stereocenters. The summed E-state index contributed by atoms with van der Waals surface area (Å²) in [6.07, 6.45) is 1.86. The number of oxazole rings is 1. The summed E-state index contributed by atoms with van der Waals surface area (Å²) < 4.78 is 18.2. The fourth-order valence-electron chi connectivity index (χ4n) is 8.83. The van der Waals surface area contributed by atoms with Gasteiger partial charge in [0.2, 0.25) is 0 Å². The number of likely N-dealkylation sites (N-methyl/N-ethyl adjacent to an activating group) is 1. The molecule has 0 saturated carbocycles. The van der Waals surface area contributed by atoms with Gasteiger partial charge in [-0.3, -0.25) is 28.8 Å². The minimum atomic E-state index is -1.10. The summed E-state index contributed by atoms with van der Waals surface area (Å²) in [6, 6.07) is 11.5. The predicted molar refractivity (Wildman–Crippen MR) is 218 cm³/mol. The Morgan fingerprint density at radius 2 is 1.56 bits per heavy atom. The highest BCUT2D eigenvalue weighted by Gasteiger charge is 2.37. The molecule has 0 bridgehead atoms. The van der Waals surface area contributed by atoms with E-state index in [9.17, 15) is 28.8 Å². The Bertz CT molecular complexity index is 2090. The summed E-state index contributed by atoms with van der Waals surface area (Å²) in [7, 11) is 4.88. The van der Waals surface area contributed by atoms with Crippen LogP contribution in [0.15, 0.2) is 45.6 Å². The van der Waals surface area contributed by atoms with Crippen molar-refractivity contribution in [3.05, 3.63) is 63.6 Å². The molecule has 59 heavy (non-hydrogen) atoms. The average molecular weight is 817 g/mol. The van der Waals surface area contributed by atoms with Crippen LogP contribution in [0.1, 0.15) is 42.4 Å². The van der Waals surface area contributed by atoms with Gasteiger partial charge in [-0.2, -0.15) is 0 Å². The highest BCUT2D eigenvalue weighted by Crippen LogP contribution is 2.27. The van der Waals surface area contributed by atoms with Crippen molar-refractivity contribution >= 4 is 46.7 Å². The van der Waals surface area contributed by atoms with Crippen molar-refractivity contribution in [2.24, 2.45) is 7.05 Å². The second kappa shape index (κ2) is 18.2. The van der Waals surface area contributed by atoms with E-state index in [0.29, 0.717) is 75.3 Å². The number of piperidine rings is 2. The first kappa shape index (κ1) is 41.7. The van der Waals surface area contributed by atoms with Crippen molar-refractivity contribution in [2.45, 2.75) is 63.6 Å². The number of amides is 5. The normalized spacial score (nSPS) is 19.2. The maximum atomic E-state index is 14.3. The zero-order valence-electron chi connectivity index (χ0n) is 34.5. The molecule has 0 radical (unpaired) electrons. The number of para-hydroxylation sites is 1. The third kappa shape index (κ3) is 9.73. The van der Waals surface area contributed by atoms with Gasteiger partial charge in [0.1, 0.15) is 0 Å². The second-order valence-electron chi connectivity index (χ2n) is 16.3. The van der Waals surface area contributed by atoms with Crippen molar-refractivity contribution in [3.63, 3.8) is 0 Å². The van der Waals surface area contributed by atoms with Crippen LogP contribution in [0.5, 0.6) is 0 Å². The number of anilines is 1. The van der Waals surface area contributed by atoms with Crippen LogP contribution in [0.4, 0.5) is 15.3 Å². The first-order chi connectivity index (χ1) is 28.3. The number of aryl methyl sites for hydroxylation is 2. The summed E-state index contributed by atoms with van der Waals surface area (Å²) in [5, 5.41) is 3.04. The van der Waals surface area contributed by atoms with E-state index in [-0.39, 0.29) is 49.5 Å². The third-order valence-electron chi connectivity index (χ3n) is 12.3. The van der Waals surface area contributed by atoms with Crippen molar-refractivity contribution < 1.29 is 37.9 Å². The van der Waals surface area contributed by atoms with Crippen molar-refractivity contribution in [3.8, 4) is 0 Å². The Morgan fingerprint density at radius 3 is 2.27 bits per heavy atom. The van der Waals surface area contributed by atoms with Gasteiger partial charge >= 0.3 is 23.8 Å². The molecule has 1 N–H and O–H groups in total. The first-order valence-corrected chi connectivity index (χ1v) is 20.7. The molecule has 0 aliphatic carbocycles. The number of urea groups is 1. The molecule has 7 rings (SSSR count). The number of ether oxygens (including phenoxy) is 2. The summed E-state index contributed by atoms with van der Waals surface area (Å²) in [5.41, 5.74) is 4.52. The molecule has 3 saturated heterocycles. The molecule has 4 aliphatic heterocycles. The molecule has 2 aromatic carbocycles. The molecule has 5 heterocycles. The fourth-order valence-corrected chi connectivity index (χ4v) is 8.83. The molecule has 17 heteroatoms. The molecule has 5 amide bonds. The van der Waals surface area contributed by atoms with Gasteiger partial charge < -0.3 is 38.8 Å². The average Bonchev–Trinajstić information content (AvgIpc) is 3.41. The van der Waals surface area contributed by atoms with Gasteiger partial charge in [-0.15, -0.1) is 0 Å². The van der Waals surface area contributed by atoms with Crippen LogP contribution in [-0.2, 0) is 43.7 Å². The number of rotatable bonds is 10. The lowest BCUT2D eigenvalue weighted by Gasteiger charge is -2.43. The maximum Gasteiger partial charge on any atom is 0.419 e. The Morgan fingerprint density at radius 1 is 0.881 bits per heavy atom. The number of piperazine rings is 1. The minimum Gasteiger partial charge on any atom is -0.455 e. The Kier molecular flexibility index (Phi) is 12.9. The number of hydrogen-bond acceptors (Lipinski definition) is 11. The second-order valence-corrected chi connectivity index (χ2v) is 16.3. The SMILES string of the molecule is Cc1cc(C[C@@H](OC(=O)N2CCC(N3CCc4ccccc4NC3=O)CC2)C(=O)N2CCC(N3CCN(CC(=O)OCC(=O)N(C)C)CC3)CC2)cc2oc(=O)n(C)c12. The van der Waals surface area contributed by atoms with Crippen LogP contribution in [0, 0.1) is 6.92 Å². The van der Waals surface area contributed by atoms with Gasteiger partial charge in [0.25, 0.3) is 11.8 Å². The van der Waals surface area contributed by atoms with E-state index in [4.69, 9.17) is 13.9 Å². The van der Waals surface area contributed by atoms with Crippen LogP contribution in [0.2, 0.25) is 0 Å². The molecule has 0 spiro atoms. The van der Waals surface area contributed by atoms with E-state index < -0.39 is 23.9 Å². The molecule has 0 unspecified atom stereocenters. The standard InChI is InChI=1S/C42H56N8O9/c1-28-23-29(24-34-38(28)45(4)41(55)58-34)25-35(59-42(56)49-16-12-32(13-17-49)50-18-9-30-7-5-6-8-33(30)43-40(50)54)39(53)48-14-10-31(11-15-48)47-21-19-46(20-22-47)26-37(52)57-27-36(51)44(2)3/h5-8,23-24,31-32,35H,9-22,25-27H2,1-4H3,(H,43,54)/t35-/m1/s1. The zero-order valence-corrected chi connectivity index (χ0v) is 34.5. The number of benzene rings is 2. The lowest BCUT2D eigenvalue weighted by atomic mass is 9.99. The number of hydrogen-bond donors (Lipinski definition) is 1. The van der Waals surface area contributed by atoms with Gasteiger partial charge in [0.15, 0.2) is 18.3 Å². The minimum absolute atomic E-state index is 0.0353. The summed E-state index contributed by atoms with van der Waals surface area (Å²) >= 11 is 0. The highest BCUT2D eigenvalue weighted by atomic mass is 16.6. The number of nitrogens with zero attached hydrogens (tertiary/aromatic N) is 7. The number of carbonyl (C=O) groups excluding carboxylic acids is 5. The number of nitrogens with one attached hydrogen (secondary N) is 1. The predicted octanol–water partition coefficient (Wildman–Crippen LogP) is 2.28. The number of carbonyl (C=O) groups is 5. The summed E-state index contributed by atoms with van der Waals surface area (Å²) in [4.78, 5) is 88.9. The van der Waals surface area contributed by atoms with Crippen LogP contribution in [-0.4, -0.2) is 168 Å². The van der Waals surface area contributed by atoms with Gasteiger partial charge in [-0.1, -0.05) is 24.3 Å². The summed E-state index contributed by atoms with van der Waals surface area (Å²) in [5.74, 6) is -1.43. The molecule has 3 aromatic rings. The largest absolute Gasteiger partial charge is 0.455 e. The first-order valence-electron chi connectivity index (χ1n) is 20.7. The van der Waals surface area contributed by atoms with Gasteiger partial charge in [0.05, 0.1) is 12.1 Å². The van der Waals surface area contributed by atoms with E-state index in [1.165, 1.54) is 9.47 Å². The van der Waals surface area contributed by atoms with E-state index in [0.717, 1.165) is 49.2 Å². The number of likely N-dealkylation sites (tertiary alicyclic amines) is 2. The van der Waals surface area contributed by atoms with Crippen molar-refractivity contribution in [2.75, 3.05) is 91.5 Å². The van der Waals surface area contributed by atoms with Crippen molar-refractivity contribution in [1.29, 1.82) is 0 Å². The van der Waals surface area contributed by atoms with E-state index >= 15 is 0 Å². The van der Waals surface area contributed by atoms with Gasteiger partial charge in [0, 0.05) is 104 Å². The third-order valence-corrected chi connectivity index (χ3v) is 12.3. The fraction of sp³-hybridized carbons (Fsp3) is 0.571. The summed E-state index contributed by atoms with van der Waals surface area (Å²) in [6.45, 7) is 7.03. The zero-order chi connectivity index (χ0) is 41.8. The smallest absolute Gasteiger partial charge is 0.419 e. The van der Waals surface area contributed by atoms with E-state index in [1.54, 1.807) is 37.0 Å². The molecular weight excluding hydrogens is 761 g/mol. The highest BCUT2D eigenvalue weighted by molar-refractivity contribution is 5.91. The monoisotopic (exact) mass is 816 g/mol. The molecular formula is C42H56N8O9. The Labute approximate surface area is 343 Å². The number of esters is 1. The Hall–Kier alpha value is -5.42. The maximum absolute atomic E-state index is 14.3. The van der Waals surface area contributed by atoms with Crippen LogP contribution in [0.3, 0.4) is 0 Å². The van der Waals surface area contributed by atoms with Crippen molar-refractivity contribution in [1.82, 2.24) is 34.0 Å². The number of aromatic nitrogens is 1. The molecule has 4 aliphatic rings. The van der Waals surface area contributed by atoms with Crippen LogP contribution >= 0.6 is 0 Å².